The molecule has 0 aromatic carbocycles. The summed E-state index contributed by atoms with van der Waals surface area (Å²) < 4.78 is 0.467. The monoisotopic (exact) mass is 464 g/mol. The maximum atomic E-state index is 3.14. The Bertz CT molecular complexity index is 158. The first-order valence-corrected chi connectivity index (χ1v) is 25.4. The van der Waals surface area contributed by atoms with Crippen LogP contribution in [0.1, 0.15) is 0 Å². The second-order valence-corrected chi connectivity index (χ2v) is 39.9. The highest BCUT2D eigenvalue weighted by Gasteiger charge is 2.47. The van der Waals surface area contributed by atoms with E-state index in [1.807, 2.05) is 0 Å². The van der Waals surface area contributed by atoms with E-state index in [9.17, 15) is 0 Å². The third-order valence-electron chi connectivity index (χ3n) is 1.60. The molecule has 0 saturated carbocycles. The molecule has 0 N–H and O–H groups in total. The molecular formula is CH18P14. The fourth-order valence-corrected chi connectivity index (χ4v) is 73.7. The van der Waals surface area contributed by atoms with Gasteiger partial charge in [0.15, 0.2) is 0 Å². The summed E-state index contributed by atoms with van der Waals surface area (Å²) in [6, 6.07) is 0. The third-order valence-corrected chi connectivity index (χ3v) is 50.3. The Labute approximate surface area is 120 Å². The SMILES string of the molecule is PP(P)P(P)C(P(P)P)(P(P)P)P(P)P. The Hall–Kier alpha value is 6.02. The van der Waals surface area contributed by atoms with Gasteiger partial charge in [-0.15, -0.1) is 80.4 Å². The fraction of sp³-hybridized carbons (Fsp3) is 1.00. The van der Waals surface area contributed by atoms with E-state index >= 15 is 0 Å². The maximum Gasteiger partial charge on any atom is 0.0777 e. The van der Waals surface area contributed by atoms with Crippen LogP contribution < -0.4 is 0 Å². The van der Waals surface area contributed by atoms with E-state index < -0.39 is 0 Å². The summed E-state index contributed by atoms with van der Waals surface area (Å²) >= 11 is 0. The first-order valence-electron chi connectivity index (χ1n) is 3.42. The summed E-state index contributed by atoms with van der Waals surface area (Å²) in [5, 5.41) is 0. The molecular weight excluding hydrogens is 446 g/mol. The second-order valence-electron chi connectivity index (χ2n) is 2.55. The zero-order valence-corrected chi connectivity index (χ0v) is 22.8. The van der Waals surface area contributed by atoms with Crippen LogP contribution in [0.3, 0.4) is 0 Å². The summed E-state index contributed by atoms with van der Waals surface area (Å²) in [7, 11) is 27.2. The zero-order valence-electron chi connectivity index (χ0n) is 7.93. The summed E-state index contributed by atoms with van der Waals surface area (Å²) in [4.78, 5) is 0. The van der Waals surface area contributed by atoms with Gasteiger partial charge in [-0.05, 0) is 36.2 Å². The van der Waals surface area contributed by atoms with Crippen LogP contribution in [-0.4, -0.2) is 4.38 Å². The minimum atomic E-state index is -0.0938. The summed E-state index contributed by atoms with van der Waals surface area (Å²) in [5.74, 6) is 0. The van der Waals surface area contributed by atoms with Crippen LogP contribution in [0.15, 0.2) is 0 Å². The molecule has 0 bridgehead atoms. The first kappa shape index (κ1) is 21.0. The molecule has 0 aromatic rings. The maximum absolute atomic E-state index is 3.14. The van der Waals surface area contributed by atoms with Crippen LogP contribution >= 0.6 is 117 Å². The van der Waals surface area contributed by atoms with Crippen LogP contribution in [0.5, 0.6) is 0 Å². The highest BCUT2D eigenvalue weighted by atomic mass is 32.8. The molecule has 10 unspecified atom stereocenters. The van der Waals surface area contributed by atoms with Gasteiger partial charge in [-0.2, -0.15) is 0 Å². The Morgan fingerprint density at radius 1 is 0.533 bits per heavy atom. The summed E-state index contributed by atoms with van der Waals surface area (Å²) in [6.07, 6.45) is 0. The second kappa shape index (κ2) is 9.92. The predicted octanol–water partition coefficient (Wildman–Crippen LogP) is 7.03. The molecule has 0 spiro atoms. The van der Waals surface area contributed by atoms with Crippen molar-refractivity contribution in [1.29, 1.82) is 0 Å². The lowest BCUT2D eigenvalue weighted by atomic mass is 11.8. The van der Waals surface area contributed by atoms with Crippen molar-refractivity contribution in [3.8, 4) is 0 Å². The average molecular weight is 464 g/mol. The van der Waals surface area contributed by atoms with Gasteiger partial charge in [-0.1, -0.05) is 0 Å². The molecule has 0 radical (unpaired) electrons. The van der Waals surface area contributed by atoms with Crippen molar-refractivity contribution in [2.75, 3.05) is 0 Å². The minimum absolute atomic E-state index is 0.0172. The van der Waals surface area contributed by atoms with Gasteiger partial charge in [0.2, 0.25) is 0 Å². The van der Waals surface area contributed by atoms with Crippen LogP contribution in [0.4, 0.5) is 0 Å². The average Bonchev–Trinajstić information content (AvgIpc) is 2.02. The van der Waals surface area contributed by atoms with Crippen molar-refractivity contribution in [3.63, 3.8) is 0 Å². The molecule has 0 aliphatic heterocycles. The molecule has 10 atom stereocenters. The van der Waals surface area contributed by atoms with E-state index in [0.29, 0.717) is 4.38 Å². The lowest BCUT2D eigenvalue weighted by molar-refractivity contribution is 1.87. The zero-order chi connectivity index (χ0) is 12.4. The van der Waals surface area contributed by atoms with Crippen LogP contribution in [-0.2, 0) is 0 Å². The number of hydrogen-bond donors (Lipinski definition) is 0. The molecule has 15 heavy (non-hydrogen) atoms. The Morgan fingerprint density at radius 3 is 0.867 bits per heavy atom. The number of hydrogen-bond acceptors (Lipinski definition) is 0. The van der Waals surface area contributed by atoms with E-state index in [4.69, 9.17) is 0 Å². The van der Waals surface area contributed by atoms with Crippen molar-refractivity contribution in [2.45, 2.75) is 4.38 Å². The molecule has 0 aliphatic rings. The van der Waals surface area contributed by atoms with Crippen molar-refractivity contribution in [3.05, 3.63) is 0 Å². The van der Waals surface area contributed by atoms with Crippen molar-refractivity contribution in [1.82, 2.24) is 0 Å². The van der Waals surface area contributed by atoms with Gasteiger partial charge >= 0.3 is 0 Å². The van der Waals surface area contributed by atoms with E-state index in [0.717, 1.165) is 0 Å². The molecule has 0 aliphatic carbocycles. The lowest BCUT2D eigenvalue weighted by Crippen LogP contribution is -2.04. The summed E-state index contributed by atoms with van der Waals surface area (Å²) in [5.41, 5.74) is 0. The predicted molar refractivity (Wildman–Crippen MR) is 125 cm³/mol. The highest BCUT2D eigenvalue weighted by Crippen LogP contribution is 3.09. The van der Waals surface area contributed by atoms with Gasteiger partial charge < -0.3 is 0 Å². The smallest absolute Gasteiger partial charge is 0.0777 e. The van der Waals surface area contributed by atoms with E-state index in [1.54, 1.807) is 0 Å². The Morgan fingerprint density at radius 2 is 0.800 bits per heavy atom. The van der Waals surface area contributed by atoms with Crippen LogP contribution in [0.2, 0.25) is 0 Å². The summed E-state index contributed by atoms with van der Waals surface area (Å²) in [6.45, 7) is -0.0172. The molecule has 0 rings (SSSR count). The molecule has 0 heterocycles. The molecule has 0 fully saturated rings. The van der Waals surface area contributed by atoms with Gasteiger partial charge in [-0.25, -0.2) is 0 Å². The molecule has 0 aromatic heterocycles. The van der Waals surface area contributed by atoms with E-state index in [2.05, 4.69) is 80.4 Å². The quantitative estimate of drug-likeness (QED) is 0.384. The van der Waals surface area contributed by atoms with Gasteiger partial charge in [0.25, 0.3) is 0 Å². The Kier molecular flexibility index (Phi) is 13.9. The van der Waals surface area contributed by atoms with Crippen LogP contribution in [0.25, 0.3) is 0 Å². The van der Waals surface area contributed by atoms with E-state index in [-0.39, 0.29) is 36.2 Å². The van der Waals surface area contributed by atoms with Crippen molar-refractivity contribution < 1.29 is 0 Å². The van der Waals surface area contributed by atoms with Crippen LogP contribution in [0, 0.1) is 0 Å². The largest absolute Gasteiger partial charge is 0.106 e. The van der Waals surface area contributed by atoms with E-state index in [1.165, 1.54) is 0 Å². The first-order chi connectivity index (χ1) is 6.68. The highest BCUT2D eigenvalue weighted by molar-refractivity contribution is 8.88. The molecule has 0 nitrogen and oxygen atoms in total. The van der Waals surface area contributed by atoms with Gasteiger partial charge in [-0.3, -0.25) is 0 Å². The molecule has 0 amide bonds. The molecule has 92 valence electrons. The normalized spacial score (nSPS) is 15.8. The molecule has 14 heteroatoms. The fourth-order valence-electron chi connectivity index (χ4n) is 0.910. The standard InChI is InChI=1S/CH18P14/c2-11(3)1(12(4)5,13(6)7)14(8)15(9)10/h2-10H2. The van der Waals surface area contributed by atoms with Crippen molar-refractivity contribution >= 4 is 117 Å². The van der Waals surface area contributed by atoms with Gasteiger partial charge in [0.1, 0.15) is 0 Å². The minimum Gasteiger partial charge on any atom is -0.106 e. The molecule has 0 saturated heterocycles. The number of rotatable bonds is 5. The topological polar surface area (TPSA) is 0 Å². The Balaban J connectivity index is 5.32. The van der Waals surface area contributed by atoms with Gasteiger partial charge in [0.05, 0.1) is 4.38 Å². The van der Waals surface area contributed by atoms with Crippen molar-refractivity contribution in [2.24, 2.45) is 0 Å². The lowest BCUT2D eigenvalue weighted by Gasteiger charge is -2.49. The van der Waals surface area contributed by atoms with Gasteiger partial charge in [0, 0.05) is 0 Å². The third kappa shape index (κ3) is 5.62.